The van der Waals surface area contributed by atoms with Crippen LogP contribution in [0.5, 0.6) is 0 Å². The van der Waals surface area contributed by atoms with Crippen molar-refractivity contribution in [2.75, 3.05) is 6.54 Å². The molecule has 0 aliphatic heterocycles. The molecule has 2 unspecified atom stereocenters. The fourth-order valence-corrected chi connectivity index (χ4v) is 3.09. The zero-order chi connectivity index (χ0) is 12.6. The molecule has 1 fully saturated rings. The van der Waals surface area contributed by atoms with Gasteiger partial charge in [0.1, 0.15) is 0 Å². The molecule has 1 aromatic carbocycles. The van der Waals surface area contributed by atoms with Gasteiger partial charge in [-0.25, -0.2) is 0 Å². The van der Waals surface area contributed by atoms with E-state index in [1.165, 1.54) is 57.1 Å². The smallest absolute Gasteiger partial charge is 0.00697 e. The summed E-state index contributed by atoms with van der Waals surface area (Å²) in [5, 5.41) is 3.76. The Balaban J connectivity index is 1.60. The Kier molecular flexibility index (Phi) is 5.73. The van der Waals surface area contributed by atoms with Crippen LogP contribution in [0.1, 0.15) is 51.0 Å². The fourth-order valence-electron chi connectivity index (χ4n) is 3.09. The summed E-state index contributed by atoms with van der Waals surface area (Å²) in [6, 6.07) is 11.6. The maximum atomic E-state index is 3.76. The zero-order valence-electron chi connectivity index (χ0n) is 11.7. The minimum Gasteiger partial charge on any atom is -0.314 e. The highest BCUT2D eigenvalue weighted by Gasteiger charge is 2.19. The van der Waals surface area contributed by atoms with Gasteiger partial charge in [0.15, 0.2) is 0 Å². The van der Waals surface area contributed by atoms with E-state index in [9.17, 15) is 0 Å². The van der Waals surface area contributed by atoms with Crippen LogP contribution in [-0.4, -0.2) is 12.6 Å². The number of rotatable bonds is 6. The molecule has 1 heteroatoms. The highest BCUT2D eigenvalue weighted by Crippen LogP contribution is 2.26. The Labute approximate surface area is 112 Å². The van der Waals surface area contributed by atoms with E-state index in [0.717, 1.165) is 12.0 Å². The monoisotopic (exact) mass is 245 g/mol. The third kappa shape index (κ3) is 4.45. The van der Waals surface area contributed by atoms with Gasteiger partial charge < -0.3 is 5.32 Å². The molecule has 0 radical (unpaired) electrons. The lowest BCUT2D eigenvalue weighted by Crippen LogP contribution is -2.34. The average molecular weight is 245 g/mol. The van der Waals surface area contributed by atoms with E-state index in [2.05, 4.69) is 42.6 Å². The summed E-state index contributed by atoms with van der Waals surface area (Å²) in [6.45, 7) is 3.51. The van der Waals surface area contributed by atoms with Crippen LogP contribution in [0.15, 0.2) is 30.3 Å². The normalized spacial score (nSPS) is 24.1. The molecular formula is C17H27N. The molecule has 0 saturated heterocycles. The predicted molar refractivity (Wildman–Crippen MR) is 78.8 cm³/mol. The molecule has 2 rings (SSSR count). The van der Waals surface area contributed by atoms with Gasteiger partial charge in [-0.15, -0.1) is 0 Å². The van der Waals surface area contributed by atoms with Gasteiger partial charge in [0.05, 0.1) is 0 Å². The second-order valence-electron chi connectivity index (χ2n) is 5.68. The third-order valence-electron chi connectivity index (χ3n) is 4.28. The summed E-state index contributed by atoms with van der Waals surface area (Å²) in [7, 11) is 0. The van der Waals surface area contributed by atoms with Gasteiger partial charge >= 0.3 is 0 Å². The summed E-state index contributed by atoms with van der Waals surface area (Å²) >= 11 is 0. The summed E-state index contributed by atoms with van der Waals surface area (Å²) in [5.41, 5.74) is 1.47. The van der Waals surface area contributed by atoms with Gasteiger partial charge in [-0.2, -0.15) is 0 Å². The zero-order valence-corrected chi connectivity index (χ0v) is 11.7. The van der Waals surface area contributed by atoms with Crippen molar-refractivity contribution in [1.82, 2.24) is 5.32 Å². The molecule has 1 saturated carbocycles. The van der Waals surface area contributed by atoms with E-state index in [-0.39, 0.29) is 0 Å². The summed E-state index contributed by atoms with van der Waals surface area (Å²) in [5.74, 6) is 0.977. The fraction of sp³-hybridized carbons (Fsp3) is 0.647. The first-order valence-electron chi connectivity index (χ1n) is 7.65. The number of hydrogen-bond acceptors (Lipinski definition) is 1. The maximum Gasteiger partial charge on any atom is 0.00697 e. The van der Waals surface area contributed by atoms with E-state index >= 15 is 0 Å². The Morgan fingerprint density at radius 1 is 1.17 bits per heavy atom. The quantitative estimate of drug-likeness (QED) is 0.741. The molecular weight excluding hydrogens is 218 g/mol. The van der Waals surface area contributed by atoms with Gasteiger partial charge in [0, 0.05) is 6.04 Å². The van der Waals surface area contributed by atoms with Gasteiger partial charge in [-0.3, -0.25) is 0 Å². The molecule has 0 spiro atoms. The molecule has 18 heavy (non-hydrogen) atoms. The average Bonchev–Trinajstić information content (AvgIpc) is 2.45. The largest absolute Gasteiger partial charge is 0.314 e. The van der Waals surface area contributed by atoms with E-state index in [1.807, 2.05) is 0 Å². The highest BCUT2D eigenvalue weighted by atomic mass is 14.9. The predicted octanol–water partition coefficient (Wildman–Crippen LogP) is 4.18. The number of nitrogens with one attached hydrogen (secondary N) is 1. The van der Waals surface area contributed by atoms with Gasteiger partial charge in [0.2, 0.25) is 0 Å². The van der Waals surface area contributed by atoms with Crippen molar-refractivity contribution in [3.63, 3.8) is 0 Å². The Hall–Kier alpha value is -0.820. The van der Waals surface area contributed by atoms with Crippen LogP contribution >= 0.6 is 0 Å². The second kappa shape index (κ2) is 7.58. The molecule has 0 heterocycles. The molecule has 100 valence electrons. The first-order valence-corrected chi connectivity index (χ1v) is 7.65. The summed E-state index contributed by atoms with van der Waals surface area (Å²) in [6.07, 6.45) is 9.51. The van der Waals surface area contributed by atoms with Crippen LogP contribution in [0, 0.1) is 5.92 Å². The molecule has 1 aliphatic carbocycles. The first-order chi connectivity index (χ1) is 8.88. The molecule has 0 bridgehead atoms. The van der Waals surface area contributed by atoms with Crippen LogP contribution < -0.4 is 5.32 Å². The minimum atomic E-state index is 0.791. The molecule has 1 nitrogen and oxygen atoms in total. The topological polar surface area (TPSA) is 12.0 Å². The molecule has 1 aromatic rings. The number of benzene rings is 1. The van der Waals surface area contributed by atoms with Crippen molar-refractivity contribution in [2.45, 2.75) is 57.9 Å². The van der Waals surface area contributed by atoms with Crippen LogP contribution in [-0.2, 0) is 6.42 Å². The summed E-state index contributed by atoms with van der Waals surface area (Å²) in [4.78, 5) is 0. The minimum absolute atomic E-state index is 0.791. The van der Waals surface area contributed by atoms with Crippen molar-refractivity contribution in [1.29, 1.82) is 0 Å². The standard InChI is InChI=1S/C17H27N/c1-2-15-10-6-12-17(14-15)18-13-7-11-16-8-4-3-5-9-16/h3-5,8-9,15,17-18H,2,6-7,10-14H2,1H3. The number of aryl methyl sites for hydroxylation is 1. The van der Waals surface area contributed by atoms with Crippen molar-refractivity contribution >= 4 is 0 Å². The first kappa shape index (κ1) is 13.6. The Bertz CT molecular complexity index is 320. The van der Waals surface area contributed by atoms with Crippen molar-refractivity contribution in [3.8, 4) is 0 Å². The van der Waals surface area contributed by atoms with Crippen LogP contribution in [0.25, 0.3) is 0 Å². The van der Waals surface area contributed by atoms with Crippen molar-refractivity contribution < 1.29 is 0 Å². The maximum absolute atomic E-state index is 3.76. The third-order valence-corrected chi connectivity index (χ3v) is 4.28. The lowest BCUT2D eigenvalue weighted by molar-refractivity contribution is 0.279. The van der Waals surface area contributed by atoms with Crippen molar-refractivity contribution in [3.05, 3.63) is 35.9 Å². The molecule has 1 N–H and O–H groups in total. The van der Waals surface area contributed by atoms with E-state index in [4.69, 9.17) is 0 Å². The van der Waals surface area contributed by atoms with E-state index in [0.29, 0.717) is 0 Å². The van der Waals surface area contributed by atoms with Crippen LogP contribution in [0.3, 0.4) is 0 Å². The van der Waals surface area contributed by atoms with E-state index < -0.39 is 0 Å². The summed E-state index contributed by atoms with van der Waals surface area (Å²) < 4.78 is 0. The van der Waals surface area contributed by atoms with Crippen molar-refractivity contribution in [2.24, 2.45) is 5.92 Å². The number of hydrogen-bond donors (Lipinski definition) is 1. The lowest BCUT2D eigenvalue weighted by atomic mass is 9.84. The second-order valence-corrected chi connectivity index (χ2v) is 5.68. The van der Waals surface area contributed by atoms with Gasteiger partial charge in [0.25, 0.3) is 0 Å². The Morgan fingerprint density at radius 3 is 2.78 bits per heavy atom. The molecule has 0 aromatic heterocycles. The Morgan fingerprint density at radius 2 is 2.00 bits per heavy atom. The SMILES string of the molecule is CCC1CCCC(NCCCc2ccccc2)C1. The molecule has 2 atom stereocenters. The van der Waals surface area contributed by atoms with Gasteiger partial charge in [-0.05, 0) is 43.7 Å². The molecule has 1 aliphatic rings. The van der Waals surface area contributed by atoms with Crippen LogP contribution in [0.4, 0.5) is 0 Å². The van der Waals surface area contributed by atoms with E-state index in [1.54, 1.807) is 0 Å². The highest BCUT2D eigenvalue weighted by molar-refractivity contribution is 5.14. The lowest BCUT2D eigenvalue weighted by Gasteiger charge is -2.29. The van der Waals surface area contributed by atoms with Gasteiger partial charge in [-0.1, -0.05) is 56.5 Å². The van der Waals surface area contributed by atoms with Crippen LogP contribution in [0.2, 0.25) is 0 Å². The molecule has 0 amide bonds.